The Hall–Kier alpha value is -3.35. The summed E-state index contributed by atoms with van der Waals surface area (Å²) in [5, 5.41) is 2.86. The number of hydrogen-bond donors (Lipinski definition) is 1. The number of benzene rings is 2. The number of hydrogen-bond acceptors (Lipinski definition) is 5. The lowest BCUT2D eigenvalue weighted by Gasteiger charge is -2.21. The standard InChI is InChI=1S/C24H24N2O5/c1-15-6-8-17-18(13-15)23(29)26(22(17)28)12-4-5-21(27)25-16-7-9-19-20(14-16)31-24(30-19)10-2-3-11-24/h6-9,13-14H,2-5,10-12H2,1H3,(H,25,27). The first-order valence-electron chi connectivity index (χ1n) is 10.7. The van der Waals surface area contributed by atoms with E-state index in [-0.39, 0.29) is 30.7 Å². The van der Waals surface area contributed by atoms with Gasteiger partial charge in [-0.2, -0.15) is 0 Å². The Balaban J connectivity index is 1.15. The van der Waals surface area contributed by atoms with Gasteiger partial charge in [0.2, 0.25) is 5.91 Å². The minimum atomic E-state index is -0.532. The Morgan fingerprint density at radius 2 is 1.74 bits per heavy atom. The molecule has 7 nitrogen and oxygen atoms in total. The van der Waals surface area contributed by atoms with Crippen LogP contribution < -0.4 is 14.8 Å². The molecule has 7 heteroatoms. The van der Waals surface area contributed by atoms with Crippen molar-refractivity contribution in [3.8, 4) is 11.5 Å². The molecule has 2 heterocycles. The first kappa shape index (κ1) is 19.6. The van der Waals surface area contributed by atoms with Crippen molar-refractivity contribution in [2.24, 2.45) is 0 Å². The van der Waals surface area contributed by atoms with Crippen LogP contribution in [0.5, 0.6) is 11.5 Å². The fourth-order valence-corrected chi connectivity index (χ4v) is 4.52. The van der Waals surface area contributed by atoms with Crippen molar-refractivity contribution in [2.75, 3.05) is 11.9 Å². The number of anilines is 1. The highest BCUT2D eigenvalue weighted by Gasteiger charge is 2.44. The number of nitrogens with zero attached hydrogens (tertiary/aromatic N) is 1. The van der Waals surface area contributed by atoms with E-state index < -0.39 is 5.79 Å². The van der Waals surface area contributed by atoms with Crippen LogP contribution in [0.1, 0.15) is 64.8 Å². The van der Waals surface area contributed by atoms with Crippen molar-refractivity contribution in [3.63, 3.8) is 0 Å². The highest BCUT2D eigenvalue weighted by Crippen LogP contribution is 2.47. The van der Waals surface area contributed by atoms with Gasteiger partial charge in [0.15, 0.2) is 11.5 Å². The van der Waals surface area contributed by atoms with Gasteiger partial charge in [-0.05, 0) is 50.5 Å². The first-order chi connectivity index (χ1) is 14.9. The molecule has 0 aromatic heterocycles. The van der Waals surface area contributed by atoms with Crippen LogP contribution in [-0.2, 0) is 4.79 Å². The summed E-state index contributed by atoms with van der Waals surface area (Å²) in [5.74, 6) is 0.0667. The van der Waals surface area contributed by atoms with Crippen LogP contribution in [0.25, 0.3) is 0 Å². The molecule has 1 fully saturated rings. The number of fused-ring (bicyclic) bond motifs is 2. The summed E-state index contributed by atoms with van der Waals surface area (Å²) in [5.41, 5.74) is 2.44. The Labute approximate surface area is 180 Å². The van der Waals surface area contributed by atoms with E-state index in [1.54, 1.807) is 24.3 Å². The number of carbonyl (C=O) groups is 3. The second-order valence-corrected chi connectivity index (χ2v) is 8.45. The minimum Gasteiger partial charge on any atom is -0.448 e. The third-order valence-electron chi connectivity index (χ3n) is 6.10. The maximum absolute atomic E-state index is 12.5. The highest BCUT2D eigenvalue weighted by molar-refractivity contribution is 6.21. The van der Waals surface area contributed by atoms with E-state index in [4.69, 9.17) is 9.47 Å². The number of aryl methyl sites for hydroxylation is 1. The number of rotatable bonds is 5. The predicted octanol–water partition coefficient (Wildman–Crippen LogP) is 4.05. The second kappa shape index (κ2) is 7.41. The quantitative estimate of drug-likeness (QED) is 0.738. The SMILES string of the molecule is Cc1ccc2c(c1)C(=O)N(CCCC(=O)Nc1ccc3c(c1)OC1(CCCC1)O3)C2=O. The van der Waals surface area contributed by atoms with Gasteiger partial charge in [0.05, 0.1) is 11.1 Å². The van der Waals surface area contributed by atoms with Crippen LogP contribution in [-0.4, -0.2) is 35.0 Å². The fourth-order valence-electron chi connectivity index (χ4n) is 4.52. The molecule has 5 rings (SSSR count). The summed E-state index contributed by atoms with van der Waals surface area (Å²) in [4.78, 5) is 38.6. The number of ether oxygens (including phenoxy) is 2. The molecule has 160 valence electrons. The average Bonchev–Trinajstić information content (AvgIpc) is 3.41. The lowest BCUT2D eigenvalue weighted by atomic mass is 10.1. The number of amides is 3. The number of nitrogens with one attached hydrogen (secondary N) is 1. The van der Waals surface area contributed by atoms with Gasteiger partial charge in [0.25, 0.3) is 17.6 Å². The van der Waals surface area contributed by atoms with Crippen LogP contribution in [0.2, 0.25) is 0 Å². The summed E-state index contributed by atoms with van der Waals surface area (Å²) in [6, 6.07) is 10.6. The van der Waals surface area contributed by atoms with E-state index in [9.17, 15) is 14.4 Å². The van der Waals surface area contributed by atoms with Crippen LogP contribution >= 0.6 is 0 Å². The maximum Gasteiger partial charge on any atom is 0.261 e. The molecular formula is C24H24N2O5. The van der Waals surface area contributed by atoms with Gasteiger partial charge in [-0.3, -0.25) is 19.3 Å². The lowest BCUT2D eigenvalue weighted by molar-refractivity contribution is -0.116. The minimum absolute atomic E-state index is 0.179. The molecule has 0 radical (unpaired) electrons. The molecule has 3 aliphatic rings. The number of carbonyl (C=O) groups excluding carboxylic acids is 3. The fraction of sp³-hybridized carbons (Fsp3) is 0.375. The molecule has 0 unspecified atom stereocenters. The van der Waals surface area contributed by atoms with Gasteiger partial charge < -0.3 is 14.8 Å². The summed E-state index contributed by atoms with van der Waals surface area (Å²) in [6.07, 6.45) is 4.52. The van der Waals surface area contributed by atoms with Crippen LogP contribution in [0.3, 0.4) is 0 Å². The average molecular weight is 420 g/mol. The molecule has 0 saturated heterocycles. The topological polar surface area (TPSA) is 84.9 Å². The lowest BCUT2D eigenvalue weighted by Crippen LogP contribution is -2.34. The maximum atomic E-state index is 12.5. The van der Waals surface area contributed by atoms with Gasteiger partial charge in [0, 0.05) is 37.6 Å². The summed E-state index contributed by atoms with van der Waals surface area (Å²) in [7, 11) is 0. The molecule has 1 saturated carbocycles. The monoisotopic (exact) mass is 420 g/mol. The summed E-state index contributed by atoms with van der Waals surface area (Å²) in [6.45, 7) is 2.09. The third-order valence-corrected chi connectivity index (χ3v) is 6.10. The molecule has 2 aromatic rings. The molecule has 2 aliphatic heterocycles. The van der Waals surface area contributed by atoms with Crippen molar-refractivity contribution in [2.45, 2.75) is 51.2 Å². The van der Waals surface area contributed by atoms with E-state index in [2.05, 4.69) is 5.32 Å². The van der Waals surface area contributed by atoms with Gasteiger partial charge in [-0.15, -0.1) is 0 Å². The van der Waals surface area contributed by atoms with Crippen molar-refractivity contribution in [1.29, 1.82) is 0 Å². The molecule has 2 aromatic carbocycles. The van der Waals surface area contributed by atoms with E-state index >= 15 is 0 Å². The molecule has 1 aliphatic carbocycles. The Morgan fingerprint density at radius 3 is 2.55 bits per heavy atom. The van der Waals surface area contributed by atoms with Crippen molar-refractivity contribution in [1.82, 2.24) is 4.90 Å². The molecule has 3 amide bonds. The largest absolute Gasteiger partial charge is 0.448 e. The molecule has 1 N–H and O–H groups in total. The van der Waals surface area contributed by atoms with E-state index in [1.165, 1.54) is 4.90 Å². The molecule has 0 atom stereocenters. The Kier molecular flexibility index (Phi) is 4.68. The first-order valence-corrected chi connectivity index (χ1v) is 10.7. The zero-order valence-electron chi connectivity index (χ0n) is 17.4. The normalized spacial score (nSPS) is 18.0. The molecule has 31 heavy (non-hydrogen) atoms. The molecule has 1 spiro atoms. The van der Waals surface area contributed by atoms with Crippen molar-refractivity contribution >= 4 is 23.4 Å². The van der Waals surface area contributed by atoms with Crippen molar-refractivity contribution < 1.29 is 23.9 Å². The van der Waals surface area contributed by atoms with E-state index in [1.807, 2.05) is 19.1 Å². The third kappa shape index (κ3) is 3.54. The van der Waals surface area contributed by atoms with Crippen LogP contribution in [0, 0.1) is 6.92 Å². The van der Waals surface area contributed by atoms with Crippen LogP contribution in [0.4, 0.5) is 5.69 Å². The zero-order chi connectivity index (χ0) is 21.6. The Morgan fingerprint density at radius 1 is 1.00 bits per heavy atom. The smallest absolute Gasteiger partial charge is 0.261 e. The summed E-state index contributed by atoms with van der Waals surface area (Å²) < 4.78 is 12.0. The summed E-state index contributed by atoms with van der Waals surface area (Å²) >= 11 is 0. The van der Waals surface area contributed by atoms with E-state index in [0.717, 1.165) is 31.2 Å². The van der Waals surface area contributed by atoms with Gasteiger partial charge in [-0.1, -0.05) is 11.6 Å². The highest BCUT2D eigenvalue weighted by atomic mass is 16.7. The van der Waals surface area contributed by atoms with Gasteiger partial charge >= 0.3 is 0 Å². The number of imide groups is 1. The van der Waals surface area contributed by atoms with Crippen LogP contribution in [0.15, 0.2) is 36.4 Å². The van der Waals surface area contributed by atoms with Crippen molar-refractivity contribution in [3.05, 3.63) is 53.1 Å². The molecular weight excluding hydrogens is 396 g/mol. The Bertz CT molecular complexity index is 1090. The van der Waals surface area contributed by atoms with E-state index in [0.29, 0.717) is 34.7 Å². The van der Waals surface area contributed by atoms with Gasteiger partial charge in [-0.25, -0.2) is 0 Å². The second-order valence-electron chi connectivity index (χ2n) is 8.45. The zero-order valence-corrected chi connectivity index (χ0v) is 17.4. The predicted molar refractivity (Wildman–Crippen MR) is 113 cm³/mol. The van der Waals surface area contributed by atoms with Gasteiger partial charge in [0.1, 0.15) is 0 Å². The molecule has 0 bridgehead atoms.